The molecule has 5 heteroatoms. The predicted octanol–water partition coefficient (Wildman–Crippen LogP) is 0.685. The van der Waals surface area contributed by atoms with E-state index in [1.165, 1.54) is 0 Å². The third kappa shape index (κ3) is 4.00. The SMILES string of the molecule is CCC(CN)C(=O)N1CCC(CCC(=O)O)C1. The Hall–Kier alpha value is -1.10. The fourth-order valence-electron chi connectivity index (χ4n) is 2.30. The molecule has 0 aromatic heterocycles. The summed E-state index contributed by atoms with van der Waals surface area (Å²) in [6, 6.07) is 0. The normalized spacial score (nSPS) is 21.5. The first-order valence-electron chi connectivity index (χ1n) is 6.29. The fourth-order valence-corrected chi connectivity index (χ4v) is 2.30. The topological polar surface area (TPSA) is 83.6 Å². The van der Waals surface area contributed by atoms with Gasteiger partial charge >= 0.3 is 5.97 Å². The maximum atomic E-state index is 12.0. The molecule has 3 N–H and O–H groups in total. The van der Waals surface area contributed by atoms with Crippen LogP contribution in [-0.2, 0) is 9.59 Å². The number of hydrogen-bond acceptors (Lipinski definition) is 3. The summed E-state index contributed by atoms with van der Waals surface area (Å²) in [4.78, 5) is 24.3. The van der Waals surface area contributed by atoms with E-state index in [0.29, 0.717) is 25.4 Å². The van der Waals surface area contributed by atoms with Gasteiger partial charge < -0.3 is 15.7 Å². The van der Waals surface area contributed by atoms with E-state index in [-0.39, 0.29) is 18.2 Å². The van der Waals surface area contributed by atoms with Gasteiger partial charge in [-0.15, -0.1) is 0 Å². The molecule has 1 saturated heterocycles. The molecule has 0 saturated carbocycles. The zero-order valence-corrected chi connectivity index (χ0v) is 10.4. The summed E-state index contributed by atoms with van der Waals surface area (Å²) in [5, 5.41) is 8.62. The van der Waals surface area contributed by atoms with E-state index in [1.54, 1.807) is 0 Å². The van der Waals surface area contributed by atoms with Gasteiger partial charge in [0.05, 0.1) is 5.92 Å². The van der Waals surface area contributed by atoms with Crippen molar-refractivity contribution in [1.82, 2.24) is 4.90 Å². The van der Waals surface area contributed by atoms with Crippen molar-refractivity contribution in [2.45, 2.75) is 32.6 Å². The number of carbonyl (C=O) groups excluding carboxylic acids is 1. The molecule has 1 fully saturated rings. The molecule has 1 aliphatic rings. The lowest BCUT2D eigenvalue weighted by Crippen LogP contribution is -2.37. The van der Waals surface area contributed by atoms with Gasteiger partial charge in [0.2, 0.25) is 5.91 Å². The second kappa shape index (κ2) is 6.59. The van der Waals surface area contributed by atoms with Crippen LogP contribution in [0, 0.1) is 11.8 Å². The van der Waals surface area contributed by atoms with Crippen molar-refractivity contribution < 1.29 is 14.7 Å². The van der Waals surface area contributed by atoms with Gasteiger partial charge in [0.15, 0.2) is 0 Å². The minimum Gasteiger partial charge on any atom is -0.481 e. The maximum Gasteiger partial charge on any atom is 0.303 e. The van der Waals surface area contributed by atoms with Crippen LogP contribution in [0.15, 0.2) is 0 Å². The Morgan fingerprint density at radius 3 is 2.76 bits per heavy atom. The van der Waals surface area contributed by atoms with E-state index in [2.05, 4.69) is 0 Å². The Bertz CT molecular complexity index is 277. The molecule has 2 atom stereocenters. The van der Waals surface area contributed by atoms with Gasteiger partial charge in [0.1, 0.15) is 0 Å². The van der Waals surface area contributed by atoms with Gasteiger partial charge in [-0.2, -0.15) is 0 Å². The third-order valence-corrected chi connectivity index (χ3v) is 3.49. The van der Waals surface area contributed by atoms with Crippen LogP contribution in [0.25, 0.3) is 0 Å². The summed E-state index contributed by atoms with van der Waals surface area (Å²) >= 11 is 0. The molecule has 0 aliphatic carbocycles. The number of amides is 1. The molecule has 2 unspecified atom stereocenters. The number of likely N-dealkylation sites (tertiary alicyclic amines) is 1. The van der Waals surface area contributed by atoms with Crippen molar-refractivity contribution in [2.24, 2.45) is 17.6 Å². The lowest BCUT2D eigenvalue weighted by Gasteiger charge is -2.21. The third-order valence-electron chi connectivity index (χ3n) is 3.49. The molecule has 5 nitrogen and oxygen atoms in total. The number of carboxylic acid groups (broad SMARTS) is 1. The average molecular weight is 242 g/mol. The van der Waals surface area contributed by atoms with Gasteiger partial charge in [0.25, 0.3) is 0 Å². The molecule has 0 aromatic rings. The highest BCUT2D eigenvalue weighted by atomic mass is 16.4. The molecule has 0 radical (unpaired) electrons. The molecular weight excluding hydrogens is 220 g/mol. The van der Waals surface area contributed by atoms with E-state index < -0.39 is 5.97 Å². The van der Waals surface area contributed by atoms with E-state index in [0.717, 1.165) is 19.4 Å². The van der Waals surface area contributed by atoms with Gasteiger partial charge in [-0.1, -0.05) is 6.92 Å². The quantitative estimate of drug-likeness (QED) is 0.717. The number of rotatable bonds is 6. The van der Waals surface area contributed by atoms with E-state index in [1.807, 2.05) is 11.8 Å². The smallest absolute Gasteiger partial charge is 0.303 e. The maximum absolute atomic E-state index is 12.0. The van der Waals surface area contributed by atoms with Crippen LogP contribution in [0.1, 0.15) is 32.6 Å². The zero-order valence-electron chi connectivity index (χ0n) is 10.4. The molecule has 0 aromatic carbocycles. The van der Waals surface area contributed by atoms with Crippen molar-refractivity contribution in [2.75, 3.05) is 19.6 Å². The van der Waals surface area contributed by atoms with Gasteiger partial charge in [-0.3, -0.25) is 9.59 Å². The number of aliphatic carboxylic acids is 1. The molecule has 1 rings (SSSR count). The Morgan fingerprint density at radius 1 is 1.53 bits per heavy atom. The van der Waals surface area contributed by atoms with E-state index in [4.69, 9.17) is 10.8 Å². The molecule has 1 aliphatic heterocycles. The second-order valence-corrected chi connectivity index (χ2v) is 4.71. The van der Waals surface area contributed by atoms with Gasteiger partial charge in [-0.05, 0) is 25.2 Å². The van der Waals surface area contributed by atoms with Crippen LogP contribution < -0.4 is 5.73 Å². The van der Waals surface area contributed by atoms with Crippen LogP contribution in [0.4, 0.5) is 0 Å². The summed E-state index contributed by atoms with van der Waals surface area (Å²) in [5.41, 5.74) is 5.56. The zero-order chi connectivity index (χ0) is 12.8. The first-order valence-corrected chi connectivity index (χ1v) is 6.29. The summed E-state index contributed by atoms with van der Waals surface area (Å²) in [5.74, 6) is -0.366. The Balaban J connectivity index is 2.38. The van der Waals surface area contributed by atoms with Crippen LogP contribution in [0.2, 0.25) is 0 Å². The number of nitrogens with two attached hydrogens (primary N) is 1. The first-order chi connectivity index (χ1) is 8.08. The summed E-state index contributed by atoms with van der Waals surface area (Å²) in [7, 11) is 0. The van der Waals surface area contributed by atoms with Crippen LogP contribution >= 0.6 is 0 Å². The van der Waals surface area contributed by atoms with Crippen molar-refractivity contribution in [3.8, 4) is 0 Å². The molecule has 1 amide bonds. The number of nitrogens with zero attached hydrogens (tertiary/aromatic N) is 1. The molecule has 0 spiro atoms. The summed E-state index contributed by atoms with van der Waals surface area (Å²) < 4.78 is 0. The molecule has 17 heavy (non-hydrogen) atoms. The summed E-state index contributed by atoms with van der Waals surface area (Å²) in [6.45, 7) is 3.81. The highest BCUT2D eigenvalue weighted by molar-refractivity contribution is 5.79. The highest BCUT2D eigenvalue weighted by Crippen LogP contribution is 2.22. The van der Waals surface area contributed by atoms with Gasteiger partial charge in [0, 0.05) is 26.1 Å². The first kappa shape index (κ1) is 14.0. The van der Waals surface area contributed by atoms with Crippen LogP contribution in [0.5, 0.6) is 0 Å². The lowest BCUT2D eigenvalue weighted by molar-refractivity contribution is -0.137. The van der Waals surface area contributed by atoms with Crippen molar-refractivity contribution in [3.05, 3.63) is 0 Å². The average Bonchev–Trinajstić information content (AvgIpc) is 2.76. The van der Waals surface area contributed by atoms with Crippen molar-refractivity contribution >= 4 is 11.9 Å². The standard InChI is InChI=1S/C12H22N2O3/c1-2-10(7-13)12(17)14-6-5-9(8-14)3-4-11(15)16/h9-10H,2-8,13H2,1H3,(H,15,16). The second-order valence-electron chi connectivity index (χ2n) is 4.71. The van der Waals surface area contributed by atoms with E-state index >= 15 is 0 Å². The minimum absolute atomic E-state index is 0.0757. The summed E-state index contributed by atoms with van der Waals surface area (Å²) in [6.07, 6.45) is 2.55. The molecule has 0 bridgehead atoms. The largest absolute Gasteiger partial charge is 0.481 e. The predicted molar refractivity (Wildman–Crippen MR) is 64.4 cm³/mol. The van der Waals surface area contributed by atoms with Crippen LogP contribution in [0.3, 0.4) is 0 Å². The van der Waals surface area contributed by atoms with Gasteiger partial charge in [-0.25, -0.2) is 0 Å². The minimum atomic E-state index is -0.761. The monoisotopic (exact) mass is 242 g/mol. The molecule has 1 heterocycles. The van der Waals surface area contributed by atoms with E-state index in [9.17, 15) is 9.59 Å². The Labute approximate surface area is 102 Å². The van der Waals surface area contributed by atoms with Crippen LogP contribution in [-0.4, -0.2) is 41.5 Å². The number of carboxylic acids is 1. The Morgan fingerprint density at radius 2 is 2.24 bits per heavy atom. The molecular formula is C12H22N2O3. The highest BCUT2D eigenvalue weighted by Gasteiger charge is 2.29. The Kier molecular flexibility index (Phi) is 5.41. The molecule has 98 valence electrons. The van der Waals surface area contributed by atoms with Crippen molar-refractivity contribution in [3.63, 3.8) is 0 Å². The fraction of sp³-hybridized carbons (Fsp3) is 0.833. The number of carbonyl (C=O) groups is 2. The van der Waals surface area contributed by atoms with Crippen molar-refractivity contribution in [1.29, 1.82) is 0 Å². The number of hydrogen-bond donors (Lipinski definition) is 2. The lowest BCUT2D eigenvalue weighted by atomic mass is 10.0.